The van der Waals surface area contributed by atoms with Crippen molar-refractivity contribution in [2.24, 2.45) is 5.41 Å². The number of rotatable bonds is 2. The maximum Gasteiger partial charge on any atom is 0.407 e. The van der Waals surface area contributed by atoms with Gasteiger partial charge in [0, 0.05) is 34.7 Å². The van der Waals surface area contributed by atoms with Gasteiger partial charge in [0.2, 0.25) is 0 Å². The average molecular weight is 372 g/mol. The molecular formula is C16H25N3O3S2. The number of nitrogens with zero attached hydrogens (tertiary/aromatic N) is 2. The first-order valence-corrected chi connectivity index (χ1v) is 10.2. The predicted octanol–water partition coefficient (Wildman–Crippen LogP) is 2.86. The van der Waals surface area contributed by atoms with E-state index in [1.807, 2.05) is 27.7 Å². The smallest absolute Gasteiger partial charge is 0.407 e. The first-order chi connectivity index (χ1) is 11.1. The van der Waals surface area contributed by atoms with Gasteiger partial charge in [-0.3, -0.25) is 0 Å². The van der Waals surface area contributed by atoms with Gasteiger partial charge in [-0.15, -0.1) is 16.1 Å². The minimum Gasteiger partial charge on any atom is -0.598 e. The molecule has 1 fully saturated rings. The summed E-state index contributed by atoms with van der Waals surface area (Å²) in [6.45, 7) is 8.95. The van der Waals surface area contributed by atoms with Crippen LogP contribution in [0, 0.1) is 12.3 Å². The van der Waals surface area contributed by atoms with E-state index in [2.05, 4.69) is 9.71 Å². The molecule has 0 aromatic carbocycles. The Labute approximate surface area is 150 Å². The van der Waals surface area contributed by atoms with Gasteiger partial charge in [0.05, 0.1) is 16.7 Å². The molecule has 2 heterocycles. The summed E-state index contributed by atoms with van der Waals surface area (Å²) in [6, 6.07) is -0.00490. The zero-order chi connectivity index (χ0) is 17.7. The summed E-state index contributed by atoms with van der Waals surface area (Å²) in [5, 5.41) is 10.2. The number of likely N-dealkylation sites (tertiary alicyclic amines) is 1. The van der Waals surface area contributed by atoms with E-state index in [0.717, 1.165) is 30.0 Å². The second-order valence-electron chi connectivity index (χ2n) is 7.78. The summed E-state index contributed by atoms with van der Waals surface area (Å²) in [7, 11) is 0. The number of carboxylic acid groups (broad SMARTS) is 1. The van der Waals surface area contributed by atoms with Crippen molar-refractivity contribution in [3.63, 3.8) is 0 Å². The molecule has 8 heteroatoms. The minimum atomic E-state index is -1.17. The fraction of sp³-hybridized carbons (Fsp3) is 0.750. The van der Waals surface area contributed by atoms with E-state index >= 15 is 0 Å². The number of hydrogen-bond acceptors (Lipinski definition) is 5. The average Bonchev–Trinajstić information content (AvgIpc) is 2.94. The molecule has 0 bridgehead atoms. The van der Waals surface area contributed by atoms with Gasteiger partial charge < -0.3 is 14.6 Å². The van der Waals surface area contributed by atoms with Gasteiger partial charge in [-0.25, -0.2) is 9.78 Å². The molecule has 0 radical (unpaired) electrons. The Morgan fingerprint density at radius 1 is 1.46 bits per heavy atom. The topological polar surface area (TPSA) is 88.5 Å². The molecule has 1 saturated heterocycles. The number of thiazole rings is 1. The van der Waals surface area contributed by atoms with Gasteiger partial charge in [-0.1, -0.05) is 0 Å². The lowest BCUT2D eigenvalue weighted by Crippen LogP contribution is -2.50. The zero-order valence-corrected chi connectivity index (χ0v) is 16.2. The summed E-state index contributed by atoms with van der Waals surface area (Å²) < 4.78 is 15.7. The van der Waals surface area contributed by atoms with Gasteiger partial charge in [0.1, 0.15) is 4.75 Å². The molecule has 2 atom stereocenters. The lowest BCUT2D eigenvalue weighted by molar-refractivity contribution is 0.0765. The molecule has 1 aliphatic heterocycles. The lowest BCUT2D eigenvalue weighted by atomic mass is 9.74. The van der Waals surface area contributed by atoms with Gasteiger partial charge in [0.15, 0.2) is 0 Å². The third kappa shape index (κ3) is 3.16. The van der Waals surface area contributed by atoms with Crippen LogP contribution >= 0.6 is 11.3 Å². The van der Waals surface area contributed by atoms with Gasteiger partial charge in [0.25, 0.3) is 0 Å². The van der Waals surface area contributed by atoms with Gasteiger partial charge in [-0.05, 0) is 47.0 Å². The molecule has 1 amide bonds. The maximum atomic E-state index is 12.7. The van der Waals surface area contributed by atoms with E-state index in [4.69, 9.17) is 0 Å². The fourth-order valence-corrected chi connectivity index (χ4v) is 5.77. The molecule has 1 spiro atoms. The van der Waals surface area contributed by atoms with Crippen LogP contribution in [0.1, 0.15) is 55.2 Å². The molecule has 6 nitrogen and oxygen atoms in total. The molecule has 134 valence electrons. The van der Waals surface area contributed by atoms with E-state index < -0.39 is 17.5 Å². The number of aromatic nitrogens is 1. The monoisotopic (exact) mass is 371 g/mol. The van der Waals surface area contributed by atoms with Crippen molar-refractivity contribution in [3.05, 3.63) is 15.6 Å². The van der Waals surface area contributed by atoms with Crippen molar-refractivity contribution in [2.45, 2.75) is 57.7 Å². The largest absolute Gasteiger partial charge is 0.598 e. The van der Waals surface area contributed by atoms with E-state index in [-0.39, 0.29) is 16.2 Å². The van der Waals surface area contributed by atoms with E-state index in [1.165, 1.54) is 9.78 Å². The second kappa shape index (κ2) is 6.16. The Kier molecular flexibility index (Phi) is 4.61. The molecule has 1 aliphatic carbocycles. The van der Waals surface area contributed by atoms with Crippen LogP contribution in [-0.2, 0) is 17.8 Å². The lowest BCUT2D eigenvalue weighted by Gasteiger charge is -2.42. The number of aryl methyl sites for hydroxylation is 1. The first kappa shape index (κ1) is 18.0. The van der Waals surface area contributed by atoms with E-state index in [1.54, 1.807) is 11.3 Å². The summed E-state index contributed by atoms with van der Waals surface area (Å²) in [6.07, 6.45) is 1.55. The van der Waals surface area contributed by atoms with Crippen molar-refractivity contribution >= 4 is 28.8 Å². The highest BCUT2D eigenvalue weighted by atomic mass is 32.2. The van der Waals surface area contributed by atoms with Crippen LogP contribution in [-0.4, -0.2) is 43.5 Å². The van der Waals surface area contributed by atoms with E-state index in [9.17, 15) is 14.5 Å². The Morgan fingerprint density at radius 2 is 2.08 bits per heavy atom. The van der Waals surface area contributed by atoms with E-state index in [0.29, 0.717) is 13.1 Å². The highest BCUT2D eigenvalue weighted by Gasteiger charge is 2.52. The molecule has 1 aromatic rings. The molecule has 0 unspecified atom stereocenters. The Bertz CT molecular complexity index is 633. The van der Waals surface area contributed by atoms with Crippen LogP contribution in [0.3, 0.4) is 0 Å². The van der Waals surface area contributed by atoms with Crippen LogP contribution in [0.2, 0.25) is 0 Å². The maximum absolute atomic E-state index is 12.7. The van der Waals surface area contributed by atoms with Crippen molar-refractivity contribution in [3.8, 4) is 0 Å². The summed E-state index contributed by atoms with van der Waals surface area (Å²) in [4.78, 5) is 18.5. The first-order valence-electron chi connectivity index (χ1n) is 8.24. The third-order valence-corrected chi connectivity index (χ3v) is 7.68. The summed E-state index contributed by atoms with van der Waals surface area (Å²) >= 11 is 0.503. The van der Waals surface area contributed by atoms with Crippen molar-refractivity contribution in [2.75, 3.05) is 13.1 Å². The number of piperidine rings is 1. The standard InChI is InChI=1S/C16H25N3O3S2/c1-10-17-11-9-16(5-7-19(8-6-16)14(20)21)13(12(11)23-10)18-24(22)15(2,3)4/h13,18H,5-9H2,1-4H3,(H,20,21)/t13-,24-/m0/s1. The van der Waals surface area contributed by atoms with Crippen LogP contribution in [0.4, 0.5) is 4.79 Å². The van der Waals surface area contributed by atoms with Gasteiger partial charge in [-0.2, -0.15) is 0 Å². The molecule has 0 saturated carbocycles. The molecular weight excluding hydrogens is 346 g/mol. The van der Waals surface area contributed by atoms with Crippen molar-refractivity contribution in [1.82, 2.24) is 14.6 Å². The van der Waals surface area contributed by atoms with Crippen LogP contribution in [0.5, 0.6) is 0 Å². The molecule has 3 rings (SSSR count). The van der Waals surface area contributed by atoms with Crippen LogP contribution in [0.15, 0.2) is 0 Å². The third-order valence-electron chi connectivity index (χ3n) is 5.04. The Balaban J connectivity index is 1.86. The highest BCUT2D eigenvalue weighted by molar-refractivity contribution is 7.90. The highest BCUT2D eigenvalue weighted by Crippen LogP contribution is 2.54. The predicted molar refractivity (Wildman–Crippen MR) is 95.6 cm³/mol. The minimum absolute atomic E-state index is 0.00490. The number of carbonyl (C=O) groups is 1. The number of fused-ring (bicyclic) bond motifs is 1. The Hall–Kier alpha value is -0.830. The molecule has 1 aromatic heterocycles. The summed E-state index contributed by atoms with van der Waals surface area (Å²) in [5.41, 5.74) is 1.03. The Morgan fingerprint density at radius 3 is 2.62 bits per heavy atom. The van der Waals surface area contributed by atoms with Crippen molar-refractivity contribution < 1.29 is 14.5 Å². The SMILES string of the molecule is Cc1nc2c(s1)[C@H](N[S@@+]([O-])C(C)(C)C)C1(CCN(C(=O)O)CC1)C2. The van der Waals surface area contributed by atoms with Crippen molar-refractivity contribution in [1.29, 1.82) is 0 Å². The summed E-state index contributed by atoms with van der Waals surface area (Å²) in [5.74, 6) is 0. The second-order valence-corrected chi connectivity index (χ2v) is 11.0. The number of nitrogens with one attached hydrogen (secondary N) is 1. The normalized spacial score (nSPS) is 24.2. The fourth-order valence-electron chi connectivity index (χ4n) is 3.62. The van der Waals surface area contributed by atoms with Gasteiger partial charge >= 0.3 is 6.09 Å². The quantitative estimate of drug-likeness (QED) is 0.781. The molecule has 2 aliphatic rings. The number of amides is 1. The molecule has 2 N–H and O–H groups in total. The van der Waals surface area contributed by atoms with Crippen LogP contribution in [0.25, 0.3) is 0 Å². The van der Waals surface area contributed by atoms with Crippen LogP contribution < -0.4 is 4.72 Å². The zero-order valence-electron chi connectivity index (χ0n) is 14.6. The molecule has 24 heavy (non-hydrogen) atoms. The number of hydrogen-bond donors (Lipinski definition) is 2.